The average Bonchev–Trinajstić information content (AvgIpc) is 2.30. The van der Waals surface area contributed by atoms with Crippen LogP contribution in [0.3, 0.4) is 0 Å². The van der Waals surface area contributed by atoms with Crippen LogP contribution in [0.5, 0.6) is 0 Å². The van der Waals surface area contributed by atoms with Gasteiger partial charge in [0, 0.05) is 12.6 Å². The number of pyridine rings is 1. The first kappa shape index (κ1) is 10.8. The monoisotopic (exact) mass is 223 g/mol. The number of ether oxygens (including phenoxy) is 1. The molecule has 1 aliphatic rings. The van der Waals surface area contributed by atoms with Gasteiger partial charge in [0.1, 0.15) is 12.0 Å². The van der Waals surface area contributed by atoms with Gasteiger partial charge in [0.25, 0.3) is 5.69 Å². The van der Waals surface area contributed by atoms with Crippen LogP contribution in [0.4, 0.5) is 11.5 Å². The number of aromatic nitrogens is 1. The van der Waals surface area contributed by atoms with Crippen molar-refractivity contribution in [1.82, 2.24) is 4.98 Å². The Morgan fingerprint density at radius 3 is 3.00 bits per heavy atom. The second kappa shape index (κ2) is 4.44. The van der Waals surface area contributed by atoms with Gasteiger partial charge in [0.05, 0.1) is 24.2 Å². The Morgan fingerprint density at radius 2 is 2.44 bits per heavy atom. The highest BCUT2D eigenvalue weighted by Crippen LogP contribution is 2.19. The molecule has 1 aliphatic heterocycles. The fourth-order valence-corrected chi connectivity index (χ4v) is 1.72. The van der Waals surface area contributed by atoms with Crippen LogP contribution in [0.2, 0.25) is 0 Å². The molecule has 0 aliphatic carbocycles. The van der Waals surface area contributed by atoms with Gasteiger partial charge >= 0.3 is 0 Å². The van der Waals surface area contributed by atoms with E-state index in [0.717, 1.165) is 12.4 Å². The molecule has 86 valence electrons. The van der Waals surface area contributed by atoms with E-state index in [2.05, 4.69) is 9.88 Å². The Morgan fingerprint density at radius 1 is 1.62 bits per heavy atom. The van der Waals surface area contributed by atoms with E-state index in [0.29, 0.717) is 13.2 Å². The molecule has 0 amide bonds. The zero-order chi connectivity index (χ0) is 11.5. The first-order chi connectivity index (χ1) is 7.68. The van der Waals surface area contributed by atoms with E-state index in [9.17, 15) is 10.1 Å². The van der Waals surface area contributed by atoms with Gasteiger partial charge in [-0.3, -0.25) is 10.1 Å². The fraction of sp³-hybridized carbons (Fsp3) is 0.500. The van der Waals surface area contributed by atoms with Crippen molar-refractivity contribution in [2.45, 2.75) is 13.0 Å². The van der Waals surface area contributed by atoms with Crippen LogP contribution < -0.4 is 4.90 Å². The molecule has 16 heavy (non-hydrogen) atoms. The lowest BCUT2D eigenvalue weighted by Gasteiger charge is -2.34. The lowest BCUT2D eigenvalue weighted by molar-refractivity contribution is -0.385. The molecule has 1 saturated heterocycles. The smallest absolute Gasteiger partial charge is 0.287 e. The predicted molar refractivity (Wildman–Crippen MR) is 58.5 cm³/mol. The highest BCUT2D eigenvalue weighted by Gasteiger charge is 2.20. The number of rotatable bonds is 2. The summed E-state index contributed by atoms with van der Waals surface area (Å²) in [5.41, 5.74) is 0.0182. The second-order valence-corrected chi connectivity index (χ2v) is 3.75. The highest BCUT2D eigenvalue weighted by molar-refractivity contribution is 5.44. The normalized spacial score (nSPS) is 20.8. The Bertz CT molecular complexity index is 379. The summed E-state index contributed by atoms with van der Waals surface area (Å²) < 4.78 is 5.32. The molecule has 0 bridgehead atoms. The molecule has 6 heteroatoms. The van der Waals surface area contributed by atoms with E-state index in [1.165, 1.54) is 12.3 Å². The fourth-order valence-electron chi connectivity index (χ4n) is 1.72. The third kappa shape index (κ3) is 2.11. The standard InChI is InChI=1S/C10H13N3O3/c1-8-7-16-5-4-12(8)10-3-2-9(6-11-10)13(14)15/h2-3,6,8H,4-5,7H2,1H3/t8-/m0/s1. The summed E-state index contributed by atoms with van der Waals surface area (Å²) in [4.78, 5) is 16.2. The Hall–Kier alpha value is -1.69. The second-order valence-electron chi connectivity index (χ2n) is 3.75. The summed E-state index contributed by atoms with van der Waals surface area (Å²) in [5, 5.41) is 10.5. The number of hydrogen-bond donors (Lipinski definition) is 0. The lowest BCUT2D eigenvalue weighted by atomic mass is 10.2. The molecular weight excluding hydrogens is 210 g/mol. The summed E-state index contributed by atoms with van der Waals surface area (Å²) in [6.07, 6.45) is 1.29. The minimum absolute atomic E-state index is 0.0182. The number of nitrogens with zero attached hydrogens (tertiary/aromatic N) is 3. The molecule has 2 rings (SSSR count). The van der Waals surface area contributed by atoms with Crippen molar-refractivity contribution in [1.29, 1.82) is 0 Å². The Kier molecular flexibility index (Phi) is 3.00. The summed E-state index contributed by atoms with van der Waals surface area (Å²) in [6, 6.07) is 3.41. The highest BCUT2D eigenvalue weighted by atomic mass is 16.6. The maximum absolute atomic E-state index is 10.5. The van der Waals surface area contributed by atoms with Crippen molar-refractivity contribution < 1.29 is 9.66 Å². The van der Waals surface area contributed by atoms with E-state index < -0.39 is 4.92 Å². The summed E-state index contributed by atoms with van der Waals surface area (Å²) in [6.45, 7) is 4.15. The third-order valence-corrected chi connectivity index (χ3v) is 2.60. The van der Waals surface area contributed by atoms with Crippen LogP contribution in [0.15, 0.2) is 18.3 Å². The number of morpholine rings is 1. The predicted octanol–water partition coefficient (Wildman–Crippen LogP) is 1.21. The number of anilines is 1. The largest absolute Gasteiger partial charge is 0.377 e. The Labute approximate surface area is 93.0 Å². The molecule has 1 aromatic rings. The quantitative estimate of drug-likeness (QED) is 0.557. The zero-order valence-corrected chi connectivity index (χ0v) is 9.00. The molecule has 0 unspecified atom stereocenters. The molecule has 1 atom stereocenters. The van der Waals surface area contributed by atoms with E-state index >= 15 is 0 Å². The van der Waals surface area contributed by atoms with Gasteiger partial charge in [-0.1, -0.05) is 0 Å². The third-order valence-electron chi connectivity index (χ3n) is 2.60. The number of nitro groups is 1. The van der Waals surface area contributed by atoms with Crippen LogP contribution in [0.1, 0.15) is 6.92 Å². The van der Waals surface area contributed by atoms with Gasteiger partial charge in [-0.15, -0.1) is 0 Å². The summed E-state index contributed by atoms with van der Waals surface area (Å²) in [7, 11) is 0. The molecule has 0 spiro atoms. The molecule has 1 fully saturated rings. The van der Waals surface area contributed by atoms with Gasteiger partial charge in [-0.25, -0.2) is 4.98 Å². The lowest BCUT2D eigenvalue weighted by Crippen LogP contribution is -2.44. The first-order valence-electron chi connectivity index (χ1n) is 5.13. The minimum Gasteiger partial charge on any atom is -0.377 e. The van der Waals surface area contributed by atoms with Gasteiger partial charge in [-0.2, -0.15) is 0 Å². The van der Waals surface area contributed by atoms with Crippen molar-refractivity contribution in [3.05, 3.63) is 28.4 Å². The molecular formula is C10H13N3O3. The van der Waals surface area contributed by atoms with Crippen molar-refractivity contribution >= 4 is 11.5 Å². The van der Waals surface area contributed by atoms with Crippen molar-refractivity contribution in [2.24, 2.45) is 0 Å². The van der Waals surface area contributed by atoms with E-state index in [1.54, 1.807) is 6.07 Å². The Balaban J connectivity index is 2.17. The SMILES string of the molecule is C[C@H]1COCCN1c1ccc([N+](=O)[O-])cn1. The van der Waals surface area contributed by atoms with Crippen LogP contribution in [0.25, 0.3) is 0 Å². The first-order valence-corrected chi connectivity index (χ1v) is 5.13. The van der Waals surface area contributed by atoms with E-state index in [-0.39, 0.29) is 11.7 Å². The average molecular weight is 223 g/mol. The van der Waals surface area contributed by atoms with Gasteiger partial charge in [-0.05, 0) is 13.0 Å². The number of hydrogen-bond acceptors (Lipinski definition) is 5. The van der Waals surface area contributed by atoms with Crippen molar-refractivity contribution in [3.8, 4) is 0 Å². The topological polar surface area (TPSA) is 68.5 Å². The van der Waals surface area contributed by atoms with Gasteiger partial charge in [0.15, 0.2) is 0 Å². The molecule has 0 N–H and O–H groups in total. The molecule has 2 heterocycles. The summed E-state index contributed by atoms with van der Waals surface area (Å²) in [5.74, 6) is 0.765. The molecule has 1 aromatic heterocycles. The minimum atomic E-state index is -0.445. The van der Waals surface area contributed by atoms with Crippen LogP contribution in [0, 0.1) is 10.1 Å². The van der Waals surface area contributed by atoms with Crippen LogP contribution in [-0.2, 0) is 4.74 Å². The van der Waals surface area contributed by atoms with Crippen LogP contribution >= 0.6 is 0 Å². The van der Waals surface area contributed by atoms with Gasteiger partial charge < -0.3 is 9.64 Å². The maximum atomic E-state index is 10.5. The maximum Gasteiger partial charge on any atom is 0.287 e. The van der Waals surface area contributed by atoms with Gasteiger partial charge in [0.2, 0.25) is 0 Å². The van der Waals surface area contributed by atoms with Crippen molar-refractivity contribution in [3.63, 3.8) is 0 Å². The van der Waals surface area contributed by atoms with E-state index in [4.69, 9.17) is 4.74 Å². The molecule has 0 saturated carbocycles. The van der Waals surface area contributed by atoms with Crippen molar-refractivity contribution in [2.75, 3.05) is 24.7 Å². The van der Waals surface area contributed by atoms with E-state index in [1.807, 2.05) is 6.92 Å². The molecule has 0 aromatic carbocycles. The van der Waals surface area contributed by atoms with Crippen LogP contribution in [-0.4, -0.2) is 35.7 Å². The summed E-state index contributed by atoms with van der Waals surface area (Å²) >= 11 is 0. The molecule has 6 nitrogen and oxygen atoms in total. The zero-order valence-electron chi connectivity index (χ0n) is 9.00. The molecule has 0 radical (unpaired) electrons.